The van der Waals surface area contributed by atoms with Crippen LogP contribution in [0.3, 0.4) is 0 Å². The van der Waals surface area contributed by atoms with Crippen LogP contribution in [-0.2, 0) is 4.74 Å². The van der Waals surface area contributed by atoms with Gasteiger partial charge >= 0.3 is 12.1 Å². The zero-order chi connectivity index (χ0) is 13.8. The Hall–Kier alpha value is -2.70. The van der Waals surface area contributed by atoms with Crippen molar-refractivity contribution in [2.45, 2.75) is 6.92 Å². The monoisotopic (exact) mass is 262 g/mol. The lowest BCUT2D eigenvalue weighted by Gasteiger charge is -2.08. The molecule has 2 rings (SSSR count). The number of carboxylic acid groups (broad SMARTS) is 1. The highest BCUT2D eigenvalue weighted by molar-refractivity contribution is 5.98. The second-order valence-electron chi connectivity index (χ2n) is 3.46. The number of fused-ring (bicyclic) bond motifs is 1. The Morgan fingerprint density at radius 3 is 2.84 bits per heavy atom. The van der Waals surface area contributed by atoms with Crippen LogP contribution in [0.2, 0.25) is 0 Å². The number of nitrogens with zero attached hydrogens (tertiary/aromatic N) is 2. The van der Waals surface area contributed by atoms with E-state index in [-0.39, 0.29) is 23.4 Å². The molecule has 0 saturated heterocycles. The summed E-state index contributed by atoms with van der Waals surface area (Å²) in [5.74, 6) is -1.43. The molecule has 0 radical (unpaired) electrons. The predicted molar refractivity (Wildman–Crippen MR) is 64.1 cm³/mol. The van der Waals surface area contributed by atoms with Crippen molar-refractivity contribution in [3.05, 3.63) is 30.1 Å². The summed E-state index contributed by atoms with van der Waals surface area (Å²) in [6.07, 6.45) is 1.58. The summed E-state index contributed by atoms with van der Waals surface area (Å²) in [6, 6.07) is 3.27. The molecule has 7 nitrogen and oxygen atoms in total. The summed E-state index contributed by atoms with van der Waals surface area (Å²) >= 11 is 0. The number of rotatable bonds is 3. The molecular formula is C12H10N2O5. The second kappa shape index (κ2) is 5.30. The fraction of sp³-hybridized carbons (Fsp3) is 0.167. The molecule has 7 heteroatoms. The molecule has 2 aromatic heterocycles. The molecule has 0 saturated carbocycles. The van der Waals surface area contributed by atoms with E-state index in [1.807, 2.05) is 0 Å². The first-order valence-corrected chi connectivity index (χ1v) is 5.45. The van der Waals surface area contributed by atoms with Gasteiger partial charge in [0.25, 0.3) is 0 Å². The Bertz CT molecular complexity index is 641. The predicted octanol–water partition coefficient (Wildman–Crippen LogP) is 1.86. The smallest absolute Gasteiger partial charge is 0.477 e. The average molecular weight is 262 g/mol. The van der Waals surface area contributed by atoms with Crippen molar-refractivity contribution >= 4 is 23.2 Å². The standard InChI is InChI=1S/C12H10N2O5/c1-2-18-12(17)19-10-7(11(15)16)6-14-8-4-3-5-13-9(8)10/h3-6H,2H2,1H3,(H,15,16). The molecule has 1 N–H and O–H groups in total. The van der Waals surface area contributed by atoms with E-state index in [2.05, 4.69) is 14.7 Å². The van der Waals surface area contributed by atoms with Crippen LogP contribution < -0.4 is 4.74 Å². The van der Waals surface area contributed by atoms with Gasteiger partial charge in [0.1, 0.15) is 11.1 Å². The van der Waals surface area contributed by atoms with Gasteiger partial charge in [-0.05, 0) is 19.1 Å². The minimum atomic E-state index is -1.26. The van der Waals surface area contributed by atoms with E-state index in [1.54, 1.807) is 19.1 Å². The first kappa shape index (κ1) is 12.7. The van der Waals surface area contributed by atoms with Crippen molar-refractivity contribution < 1.29 is 24.2 Å². The molecule has 19 heavy (non-hydrogen) atoms. The maximum absolute atomic E-state index is 11.3. The highest BCUT2D eigenvalue weighted by Crippen LogP contribution is 2.26. The number of carbonyl (C=O) groups is 2. The van der Waals surface area contributed by atoms with E-state index in [4.69, 9.17) is 9.84 Å². The average Bonchev–Trinajstić information content (AvgIpc) is 2.39. The number of aromatic carboxylic acids is 1. The van der Waals surface area contributed by atoms with Crippen LogP contribution in [0.5, 0.6) is 5.75 Å². The van der Waals surface area contributed by atoms with Crippen LogP contribution in [0, 0.1) is 0 Å². The second-order valence-corrected chi connectivity index (χ2v) is 3.46. The van der Waals surface area contributed by atoms with Crippen molar-refractivity contribution in [2.75, 3.05) is 6.61 Å². The van der Waals surface area contributed by atoms with Gasteiger partial charge in [-0.15, -0.1) is 0 Å². The highest BCUT2D eigenvalue weighted by atomic mass is 16.7. The molecule has 0 unspecified atom stereocenters. The highest BCUT2D eigenvalue weighted by Gasteiger charge is 2.20. The Morgan fingerprint density at radius 1 is 1.37 bits per heavy atom. The zero-order valence-electron chi connectivity index (χ0n) is 9.99. The van der Waals surface area contributed by atoms with Crippen LogP contribution >= 0.6 is 0 Å². The van der Waals surface area contributed by atoms with Crippen LogP contribution in [0.25, 0.3) is 11.0 Å². The van der Waals surface area contributed by atoms with Crippen LogP contribution in [0.4, 0.5) is 4.79 Å². The minimum absolute atomic E-state index is 0.123. The molecule has 0 fully saturated rings. The van der Waals surface area contributed by atoms with Crippen LogP contribution in [0.15, 0.2) is 24.5 Å². The maximum Gasteiger partial charge on any atom is 0.513 e. The molecule has 0 aliphatic heterocycles. The van der Waals surface area contributed by atoms with Gasteiger partial charge in [0, 0.05) is 12.4 Å². The number of ether oxygens (including phenoxy) is 2. The summed E-state index contributed by atoms with van der Waals surface area (Å²) < 4.78 is 9.54. The van der Waals surface area contributed by atoms with Crippen molar-refractivity contribution in [3.8, 4) is 5.75 Å². The number of pyridine rings is 2. The third-order valence-corrected chi connectivity index (χ3v) is 2.26. The lowest BCUT2D eigenvalue weighted by molar-refractivity contribution is 0.0690. The summed E-state index contributed by atoms with van der Waals surface area (Å²) in [7, 11) is 0. The van der Waals surface area contributed by atoms with Crippen molar-refractivity contribution in [3.63, 3.8) is 0 Å². The summed E-state index contributed by atoms with van der Waals surface area (Å²) in [6.45, 7) is 1.74. The van der Waals surface area contributed by atoms with Gasteiger partial charge in [-0.3, -0.25) is 9.97 Å². The fourth-order valence-electron chi connectivity index (χ4n) is 1.48. The third-order valence-electron chi connectivity index (χ3n) is 2.26. The Morgan fingerprint density at radius 2 is 2.16 bits per heavy atom. The Labute approximate surface area is 107 Å². The third kappa shape index (κ3) is 2.59. The molecule has 2 aromatic rings. The number of hydrogen-bond donors (Lipinski definition) is 1. The SMILES string of the molecule is CCOC(=O)Oc1c(C(=O)O)cnc2cccnc12. The molecular weight excluding hydrogens is 252 g/mol. The number of carbonyl (C=O) groups excluding carboxylic acids is 1. The van der Waals surface area contributed by atoms with Gasteiger partial charge in [-0.2, -0.15) is 0 Å². The largest absolute Gasteiger partial charge is 0.513 e. The lowest BCUT2D eigenvalue weighted by atomic mass is 10.2. The van der Waals surface area contributed by atoms with Crippen molar-refractivity contribution in [2.24, 2.45) is 0 Å². The van der Waals surface area contributed by atoms with Gasteiger partial charge in [0.05, 0.1) is 12.1 Å². The van der Waals surface area contributed by atoms with E-state index in [0.29, 0.717) is 5.52 Å². The Balaban J connectivity index is 2.56. The van der Waals surface area contributed by atoms with Gasteiger partial charge in [0.15, 0.2) is 5.75 Å². The minimum Gasteiger partial charge on any atom is -0.477 e. The first-order chi connectivity index (χ1) is 9.13. The van der Waals surface area contributed by atoms with Gasteiger partial charge in [0.2, 0.25) is 0 Å². The molecule has 0 spiro atoms. The number of carboxylic acids is 1. The van der Waals surface area contributed by atoms with Gasteiger partial charge < -0.3 is 14.6 Å². The Kier molecular flexibility index (Phi) is 3.56. The molecule has 0 aromatic carbocycles. The maximum atomic E-state index is 11.3. The van der Waals surface area contributed by atoms with Gasteiger partial charge in [-0.1, -0.05) is 0 Å². The summed E-state index contributed by atoms with van der Waals surface area (Å²) in [5.41, 5.74) is 0.363. The molecule has 0 amide bonds. The fourth-order valence-corrected chi connectivity index (χ4v) is 1.48. The zero-order valence-corrected chi connectivity index (χ0v) is 9.99. The molecule has 0 aliphatic carbocycles. The van der Waals surface area contributed by atoms with Crippen LogP contribution in [0.1, 0.15) is 17.3 Å². The van der Waals surface area contributed by atoms with Crippen molar-refractivity contribution in [1.82, 2.24) is 9.97 Å². The number of aromatic nitrogens is 2. The molecule has 0 aliphatic rings. The lowest BCUT2D eigenvalue weighted by Crippen LogP contribution is -2.13. The van der Waals surface area contributed by atoms with Crippen molar-refractivity contribution in [1.29, 1.82) is 0 Å². The number of hydrogen-bond acceptors (Lipinski definition) is 6. The molecule has 0 bridgehead atoms. The van der Waals surface area contributed by atoms with E-state index < -0.39 is 12.1 Å². The molecule has 2 heterocycles. The first-order valence-electron chi connectivity index (χ1n) is 5.45. The normalized spacial score (nSPS) is 10.2. The van der Waals surface area contributed by atoms with E-state index >= 15 is 0 Å². The van der Waals surface area contributed by atoms with E-state index in [0.717, 1.165) is 6.20 Å². The molecule has 98 valence electrons. The van der Waals surface area contributed by atoms with E-state index in [9.17, 15) is 9.59 Å². The molecule has 0 atom stereocenters. The van der Waals surface area contributed by atoms with E-state index in [1.165, 1.54) is 6.20 Å². The summed E-state index contributed by atoms with van der Waals surface area (Å²) in [4.78, 5) is 30.4. The quantitative estimate of drug-likeness (QED) is 0.843. The summed E-state index contributed by atoms with van der Waals surface area (Å²) in [5, 5.41) is 9.07. The van der Waals surface area contributed by atoms with Gasteiger partial charge in [-0.25, -0.2) is 9.59 Å². The topological polar surface area (TPSA) is 98.6 Å². The van der Waals surface area contributed by atoms with Crippen LogP contribution in [-0.4, -0.2) is 33.8 Å².